The van der Waals surface area contributed by atoms with Gasteiger partial charge in [-0.15, -0.1) is 0 Å². The van der Waals surface area contributed by atoms with Gasteiger partial charge in [0, 0.05) is 25.6 Å². The average Bonchev–Trinajstić information content (AvgIpc) is 2.86. The molecule has 1 aromatic rings. The van der Waals surface area contributed by atoms with Crippen LogP contribution in [0.2, 0.25) is 5.02 Å². The number of ether oxygens (including phenoxy) is 2. The molecule has 0 aliphatic carbocycles. The molecule has 0 aromatic heterocycles. The topological polar surface area (TPSA) is 38.8 Å². The Kier molecular flexibility index (Phi) is 4.68. The predicted octanol–water partition coefficient (Wildman–Crippen LogP) is 3.96. The zero-order valence-corrected chi connectivity index (χ0v) is 14.0. The Balaban J connectivity index is 2.24. The molecule has 0 N–H and O–H groups in total. The van der Waals surface area contributed by atoms with Gasteiger partial charge in [0.2, 0.25) is 0 Å². The van der Waals surface area contributed by atoms with Crippen LogP contribution in [-0.4, -0.2) is 36.8 Å². The zero-order valence-electron chi connectivity index (χ0n) is 13.3. The van der Waals surface area contributed by atoms with Crippen molar-refractivity contribution >= 4 is 17.7 Å². The average molecular weight is 330 g/mol. The Labute approximate surface area is 135 Å². The Hall–Kier alpha value is -1.33. The standard InChI is InChI=1S/C16H21ClFNO3/c1-15(2,3)22-14(20)19-9-8-16(10-19,21-4)11-6-5-7-12(17)13(11)18/h5-7H,8-10H2,1-4H3. The summed E-state index contributed by atoms with van der Waals surface area (Å²) < 4.78 is 25.3. The Morgan fingerprint density at radius 2 is 2.09 bits per heavy atom. The largest absolute Gasteiger partial charge is 0.444 e. The van der Waals surface area contributed by atoms with Crippen LogP contribution in [0.1, 0.15) is 32.8 Å². The summed E-state index contributed by atoms with van der Waals surface area (Å²) in [5.74, 6) is -0.503. The molecule has 4 nitrogen and oxygen atoms in total. The molecule has 1 aliphatic rings. The summed E-state index contributed by atoms with van der Waals surface area (Å²) in [4.78, 5) is 13.7. The third kappa shape index (κ3) is 3.36. The van der Waals surface area contributed by atoms with Crippen molar-refractivity contribution in [3.05, 3.63) is 34.6 Å². The van der Waals surface area contributed by atoms with Gasteiger partial charge in [-0.3, -0.25) is 0 Å². The first-order valence-corrected chi connectivity index (χ1v) is 7.54. The molecule has 6 heteroatoms. The smallest absolute Gasteiger partial charge is 0.410 e. The molecule has 1 fully saturated rings. The van der Waals surface area contributed by atoms with Crippen LogP contribution in [0.15, 0.2) is 18.2 Å². The lowest BCUT2D eigenvalue weighted by atomic mass is 9.92. The van der Waals surface area contributed by atoms with E-state index in [0.29, 0.717) is 18.5 Å². The van der Waals surface area contributed by atoms with Crippen LogP contribution < -0.4 is 0 Å². The number of amides is 1. The van der Waals surface area contributed by atoms with Gasteiger partial charge < -0.3 is 14.4 Å². The minimum atomic E-state index is -0.897. The van der Waals surface area contributed by atoms with Crippen LogP contribution in [0.3, 0.4) is 0 Å². The monoisotopic (exact) mass is 329 g/mol. The molecule has 22 heavy (non-hydrogen) atoms. The third-order valence-corrected chi connectivity index (χ3v) is 4.01. The normalized spacial score (nSPS) is 22.0. The van der Waals surface area contributed by atoms with Gasteiger partial charge >= 0.3 is 6.09 Å². The summed E-state index contributed by atoms with van der Waals surface area (Å²) in [6.07, 6.45) is 0.0638. The van der Waals surface area contributed by atoms with E-state index >= 15 is 0 Å². The van der Waals surface area contributed by atoms with Crippen molar-refractivity contribution in [1.82, 2.24) is 4.90 Å². The summed E-state index contributed by atoms with van der Waals surface area (Å²) in [5, 5.41) is 0.0460. The molecule has 1 unspecified atom stereocenters. The molecule has 1 heterocycles. The first kappa shape index (κ1) is 17.0. The first-order valence-electron chi connectivity index (χ1n) is 7.16. The van der Waals surface area contributed by atoms with Crippen molar-refractivity contribution in [3.8, 4) is 0 Å². The van der Waals surface area contributed by atoms with Gasteiger partial charge in [-0.05, 0) is 26.8 Å². The van der Waals surface area contributed by atoms with Gasteiger partial charge in [0.25, 0.3) is 0 Å². The van der Waals surface area contributed by atoms with Crippen molar-refractivity contribution in [3.63, 3.8) is 0 Å². The van der Waals surface area contributed by atoms with E-state index < -0.39 is 23.1 Å². The fraction of sp³-hybridized carbons (Fsp3) is 0.562. The molecule has 0 bridgehead atoms. The molecule has 1 amide bonds. The highest BCUT2D eigenvalue weighted by Crippen LogP contribution is 2.38. The van der Waals surface area contributed by atoms with Crippen LogP contribution in [0, 0.1) is 5.82 Å². The summed E-state index contributed by atoms with van der Waals surface area (Å²) in [5.41, 5.74) is -1.10. The molecule has 0 spiro atoms. The number of carbonyl (C=O) groups is 1. The second-order valence-corrected chi connectivity index (χ2v) is 6.86. The fourth-order valence-electron chi connectivity index (χ4n) is 2.62. The molecule has 1 aliphatic heterocycles. The van der Waals surface area contributed by atoms with E-state index in [2.05, 4.69) is 0 Å². The quantitative estimate of drug-likeness (QED) is 0.824. The fourth-order valence-corrected chi connectivity index (χ4v) is 2.79. The van der Waals surface area contributed by atoms with Gasteiger partial charge in [-0.25, -0.2) is 9.18 Å². The highest BCUT2D eigenvalue weighted by Gasteiger charge is 2.44. The van der Waals surface area contributed by atoms with E-state index in [-0.39, 0.29) is 11.6 Å². The summed E-state index contributed by atoms with van der Waals surface area (Å²) >= 11 is 5.86. The second kappa shape index (κ2) is 6.05. The minimum absolute atomic E-state index is 0.0460. The summed E-state index contributed by atoms with van der Waals surface area (Å²) in [6, 6.07) is 4.81. The van der Waals surface area contributed by atoms with Gasteiger partial charge in [-0.1, -0.05) is 23.7 Å². The summed E-state index contributed by atoms with van der Waals surface area (Å²) in [7, 11) is 1.51. The van der Waals surface area contributed by atoms with Crippen molar-refractivity contribution in [2.75, 3.05) is 20.2 Å². The van der Waals surface area contributed by atoms with Gasteiger partial charge in [0.05, 0.1) is 11.6 Å². The number of benzene rings is 1. The number of rotatable bonds is 2. The maximum atomic E-state index is 14.3. The highest BCUT2D eigenvalue weighted by molar-refractivity contribution is 6.30. The van der Waals surface area contributed by atoms with E-state index in [1.54, 1.807) is 32.9 Å². The second-order valence-electron chi connectivity index (χ2n) is 6.45. The number of hydrogen-bond donors (Lipinski definition) is 0. The van der Waals surface area contributed by atoms with Gasteiger partial charge in [0.15, 0.2) is 0 Å². The molecule has 2 rings (SSSR count). The van der Waals surface area contributed by atoms with Crippen molar-refractivity contribution in [2.45, 2.75) is 38.4 Å². The maximum absolute atomic E-state index is 14.3. The van der Waals surface area contributed by atoms with E-state index in [1.807, 2.05) is 0 Å². The van der Waals surface area contributed by atoms with E-state index in [4.69, 9.17) is 21.1 Å². The molecule has 0 radical (unpaired) electrons. The summed E-state index contributed by atoms with van der Waals surface area (Å²) in [6.45, 7) is 6.09. The molecular formula is C16H21ClFNO3. The van der Waals surface area contributed by atoms with Crippen molar-refractivity contribution < 1.29 is 18.7 Å². The molecule has 1 atom stereocenters. The molecule has 122 valence electrons. The Morgan fingerprint density at radius 1 is 1.41 bits per heavy atom. The van der Waals surface area contributed by atoms with Crippen LogP contribution >= 0.6 is 11.6 Å². The maximum Gasteiger partial charge on any atom is 0.410 e. The Morgan fingerprint density at radius 3 is 2.68 bits per heavy atom. The van der Waals surface area contributed by atoms with E-state index in [1.165, 1.54) is 18.1 Å². The molecule has 1 saturated heterocycles. The Bertz CT molecular complexity index is 573. The van der Waals surface area contributed by atoms with Crippen LogP contribution in [0.4, 0.5) is 9.18 Å². The number of likely N-dealkylation sites (tertiary alicyclic amines) is 1. The van der Waals surface area contributed by atoms with Crippen LogP contribution in [-0.2, 0) is 15.1 Å². The number of methoxy groups -OCH3 is 1. The molecule has 1 aromatic carbocycles. The number of carbonyl (C=O) groups excluding carboxylic acids is 1. The van der Waals surface area contributed by atoms with E-state index in [0.717, 1.165) is 0 Å². The van der Waals surface area contributed by atoms with E-state index in [9.17, 15) is 9.18 Å². The zero-order chi connectivity index (χ0) is 16.5. The number of nitrogens with zero attached hydrogens (tertiary/aromatic N) is 1. The van der Waals surface area contributed by atoms with Crippen molar-refractivity contribution in [1.29, 1.82) is 0 Å². The number of hydrogen-bond acceptors (Lipinski definition) is 3. The minimum Gasteiger partial charge on any atom is -0.444 e. The predicted molar refractivity (Wildman–Crippen MR) is 82.5 cm³/mol. The SMILES string of the molecule is COC1(c2cccc(Cl)c2F)CCN(C(=O)OC(C)(C)C)C1. The number of halogens is 2. The van der Waals surface area contributed by atoms with Gasteiger partial charge in [0.1, 0.15) is 17.0 Å². The highest BCUT2D eigenvalue weighted by atomic mass is 35.5. The van der Waals surface area contributed by atoms with Gasteiger partial charge in [-0.2, -0.15) is 0 Å². The van der Waals surface area contributed by atoms with Crippen LogP contribution in [0.25, 0.3) is 0 Å². The molecular weight excluding hydrogens is 309 g/mol. The lowest BCUT2D eigenvalue weighted by Gasteiger charge is -2.30. The van der Waals surface area contributed by atoms with Crippen molar-refractivity contribution in [2.24, 2.45) is 0 Å². The lowest BCUT2D eigenvalue weighted by Crippen LogP contribution is -2.39. The third-order valence-electron chi connectivity index (χ3n) is 3.72. The molecule has 0 saturated carbocycles. The van der Waals surface area contributed by atoms with Crippen LogP contribution in [0.5, 0.6) is 0 Å². The first-order chi connectivity index (χ1) is 10.2. The lowest BCUT2D eigenvalue weighted by molar-refractivity contribution is -0.0152.